The maximum Gasteiger partial charge on any atom is 0.348 e. The molecule has 0 spiro atoms. The van der Waals surface area contributed by atoms with Gasteiger partial charge in [-0.25, -0.2) is 30.7 Å². The molecule has 14 heteroatoms. The number of rotatable bonds is 17. The Kier molecular flexibility index (Phi) is 13.8. The molecular formula is C24H33F9O5. The second-order valence-corrected chi connectivity index (χ2v) is 8.84. The molecule has 5 nitrogen and oxygen atoms in total. The Morgan fingerprint density at radius 3 is 1.58 bits per heavy atom. The Hall–Kier alpha value is -1.61. The van der Waals surface area contributed by atoms with E-state index in [1.165, 1.54) is 6.92 Å². The van der Waals surface area contributed by atoms with Crippen LogP contribution in [0.4, 0.5) is 39.5 Å². The molecule has 0 aromatic carbocycles. The van der Waals surface area contributed by atoms with E-state index < -0.39 is 72.0 Å². The van der Waals surface area contributed by atoms with E-state index in [0.717, 1.165) is 6.42 Å². The first-order valence-electron chi connectivity index (χ1n) is 11.9. The molecule has 1 aliphatic carbocycles. The van der Waals surface area contributed by atoms with Crippen molar-refractivity contribution < 1.29 is 63.2 Å². The third-order valence-electron chi connectivity index (χ3n) is 5.16. The summed E-state index contributed by atoms with van der Waals surface area (Å²) in [6.07, 6.45) is -0.608. The van der Waals surface area contributed by atoms with Crippen molar-refractivity contribution in [3.63, 3.8) is 0 Å². The zero-order valence-corrected chi connectivity index (χ0v) is 21.7. The number of hydrogen-bond donors (Lipinski definition) is 0. The van der Waals surface area contributed by atoms with Crippen LogP contribution in [0.5, 0.6) is 0 Å². The Morgan fingerprint density at radius 1 is 0.684 bits per heavy atom. The topological polar surface area (TPSA) is 46.2 Å². The molecule has 0 saturated carbocycles. The maximum absolute atomic E-state index is 14.5. The lowest BCUT2D eigenvalue weighted by molar-refractivity contribution is -0.111. The number of allylic oxidation sites excluding steroid dienone is 5. The van der Waals surface area contributed by atoms with Crippen LogP contribution in [0, 0.1) is 0 Å². The Labute approximate surface area is 215 Å². The average Bonchev–Trinajstić information content (AvgIpc) is 2.88. The van der Waals surface area contributed by atoms with Gasteiger partial charge in [0, 0.05) is 6.61 Å². The van der Waals surface area contributed by atoms with Crippen molar-refractivity contribution in [3.8, 4) is 0 Å². The molecule has 0 aromatic rings. The molecule has 5 unspecified atom stereocenters. The summed E-state index contributed by atoms with van der Waals surface area (Å²) in [5.74, 6) is -24.4. The molecule has 0 heterocycles. The number of halogens is 9. The van der Waals surface area contributed by atoms with Crippen molar-refractivity contribution in [3.05, 3.63) is 35.0 Å². The molecule has 0 amide bonds. The van der Waals surface area contributed by atoms with Gasteiger partial charge in [0.05, 0.1) is 50.8 Å². The van der Waals surface area contributed by atoms with Gasteiger partial charge in [-0.1, -0.05) is 6.92 Å². The maximum atomic E-state index is 14.5. The molecule has 0 radical (unpaired) electrons. The van der Waals surface area contributed by atoms with Crippen molar-refractivity contribution in [2.24, 2.45) is 0 Å². The fourth-order valence-electron chi connectivity index (χ4n) is 2.98. The molecule has 0 N–H and O–H groups in total. The minimum absolute atomic E-state index is 0.0339. The molecule has 0 bridgehead atoms. The highest BCUT2D eigenvalue weighted by molar-refractivity contribution is 5.47. The van der Waals surface area contributed by atoms with Crippen molar-refractivity contribution in [2.75, 3.05) is 39.6 Å². The first kappa shape index (κ1) is 34.4. The summed E-state index contributed by atoms with van der Waals surface area (Å²) in [5.41, 5.74) is -5.57. The molecule has 38 heavy (non-hydrogen) atoms. The second-order valence-electron chi connectivity index (χ2n) is 8.84. The molecule has 0 aliphatic heterocycles. The molecule has 222 valence electrons. The van der Waals surface area contributed by atoms with E-state index in [1.54, 1.807) is 13.8 Å². The van der Waals surface area contributed by atoms with Crippen LogP contribution >= 0.6 is 0 Å². The zero-order chi connectivity index (χ0) is 29.3. The molecule has 0 saturated heterocycles. The lowest BCUT2D eigenvalue weighted by atomic mass is 9.88. The Bertz CT molecular complexity index is 864. The van der Waals surface area contributed by atoms with E-state index in [2.05, 4.69) is 0 Å². The van der Waals surface area contributed by atoms with Crippen molar-refractivity contribution in [1.82, 2.24) is 0 Å². The van der Waals surface area contributed by atoms with E-state index in [4.69, 9.17) is 23.7 Å². The van der Waals surface area contributed by atoms with Crippen LogP contribution in [0.2, 0.25) is 0 Å². The van der Waals surface area contributed by atoms with E-state index in [-0.39, 0.29) is 25.4 Å². The highest BCUT2D eigenvalue weighted by Gasteiger charge is 2.70. The van der Waals surface area contributed by atoms with Crippen LogP contribution in [-0.2, 0) is 23.7 Å². The van der Waals surface area contributed by atoms with Crippen molar-refractivity contribution in [1.29, 1.82) is 0 Å². The van der Waals surface area contributed by atoms with E-state index in [1.807, 2.05) is 13.8 Å². The van der Waals surface area contributed by atoms with Gasteiger partial charge in [0.1, 0.15) is 6.61 Å². The number of hydrogen-bond acceptors (Lipinski definition) is 5. The van der Waals surface area contributed by atoms with Gasteiger partial charge < -0.3 is 23.7 Å². The lowest BCUT2D eigenvalue weighted by Gasteiger charge is -2.32. The Morgan fingerprint density at radius 2 is 1.11 bits per heavy atom. The van der Waals surface area contributed by atoms with Gasteiger partial charge in [0.25, 0.3) is 5.67 Å². The van der Waals surface area contributed by atoms with E-state index >= 15 is 0 Å². The second kappa shape index (κ2) is 15.2. The van der Waals surface area contributed by atoms with Crippen molar-refractivity contribution >= 4 is 0 Å². The monoisotopic (exact) mass is 572 g/mol. The summed E-state index contributed by atoms with van der Waals surface area (Å²) in [4.78, 5) is 0. The predicted molar refractivity (Wildman–Crippen MR) is 119 cm³/mol. The van der Waals surface area contributed by atoms with Gasteiger partial charge in [0.2, 0.25) is 5.83 Å². The van der Waals surface area contributed by atoms with Gasteiger partial charge in [-0.15, -0.1) is 0 Å². The molecule has 1 rings (SSSR count). The molecule has 0 fully saturated rings. The van der Waals surface area contributed by atoms with E-state index in [9.17, 15) is 39.5 Å². The predicted octanol–water partition coefficient (Wildman–Crippen LogP) is 6.84. The summed E-state index contributed by atoms with van der Waals surface area (Å²) < 4.78 is 150. The van der Waals surface area contributed by atoms with Crippen molar-refractivity contribution in [2.45, 2.75) is 77.0 Å². The van der Waals surface area contributed by atoms with E-state index in [0.29, 0.717) is 13.2 Å². The van der Waals surface area contributed by atoms with Crippen LogP contribution < -0.4 is 0 Å². The standard InChI is InChI=1S/C24H33F9O5/c1-6-7-35-14(3)9-37-16(5)11-38-15(4)10-36-13(2)8-34-12-17(25)20(28)23(31)21(29)18(26)19(27)22(30)24(23,32)33/h13-16H,6-12H2,1-5H3. The van der Waals surface area contributed by atoms with Crippen LogP contribution in [0.25, 0.3) is 0 Å². The van der Waals surface area contributed by atoms with Crippen LogP contribution in [0.15, 0.2) is 35.0 Å². The fourth-order valence-corrected chi connectivity index (χ4v) is 2.98. The summed E-state index contributed by atoms with van der Waals surface area (Å²) in [6.45, 7) is 8.13. The van der Waals surface area contributed by atoms with Crippen LogP contribution in [-0.4, -0.2) is 75.6 Å². The average molecular weight is 573 g/mol. The quantitative estimate of drug-likeness (QED) is 0.179. The summed E-state index contributed by atoms with van der Waals surface area (Å²) in [6, 6.07) is 0. The minimum atomic E-state index is -5.89. The summed E-state index contributed by atoms with van der Waals surface area (Å²) >= 11 is 0. The SMILES string of the molecule is CCCOC(C)COC(C)COC(C)COC(C)COCC(F)=C(F)C1(F)C(F)=C(F)C(F)=C(F)C1(F)F. The molecular weight excluding hydrogens is 539 g/mol. The largest absolute Gasteiger partial charge is 0.376 e. The molecule has 0 aromatic heterocycles. The van der Waals surface area contributed by atoms with Crippen LogP contribution in [0.3, 0.4) is 0 Å². The van der Waals surface area contributed by atoms with Crippen LogP contribution in [0.1, 0.15) is 41.0 Å². The van der Waals surface area contributed by atoms with Gasteiger partial charge in [0.15, 0.2) is 29.1 Å². The third-order valence-corrected chi connectivity index (χ3v) is 5.16. The smallest absolute Gasteiger partial charge is 0.348 e. The minimum Gasteiger partial charge on any atom is -0.376 e. The zero-order valence-electron chi connectivity index (χ0n) is 21.7. The van der Waals surface area contributed by atoms with Gasteiger partial charge in [-0.3, -0.25) is 0 Å². The van der Waals surface area contributed by atoms with Gasteiger partial charge >= 0.3 is 5.92 Å². The highest BCUT2D eigenvalue weighted by Crippen LogP contribution is 2.56. The summed E-state index contributed by atoms with van der Waals surface area (Å²) in [7, 11) is 0. The molecule has 1 aliphatic rings. The Balaban J connectivity index is 2.50. The van der Waals surface area contributed by atoms with Gasteiger partial charge in [-0.05, 0) is 34.1 Å². The first-order chi connectivity index (χ1) is 17.6. The summed E-state index contributed by atoms with van der Waals surface area (Å²) in [5, 5.41) is 0. The lowest BCUT2D eigenvalue weighted by Crippen LogP contribution is -2.49. The highest BCUT2D eigenvalue weighted by atomic mass is 19.3. The van der Waals surface area contributed by atoms with Gasteiger partial charge in [-0.2, -0.15) is 8.78 Å². The number of ether oxygens (including phenoxy) is 5. The first-order valence-corrected chi connectivity index (χ1v) is 11.9. The normalized spacial score (nSPS) is 23.8. The number of alkyl halides is 3. The fraction of sp³-hybridized carbons (Fsp3) is 0.750. The third kappa shape index (κ3) is 8.70. The molecule has 5 atom stereocenters.